The third-order valence-electron chi connectivity index (χ3n) is 2.82. The normalized spacial score (nSPS) is 12.8. The molecule has 0 heterocycles. The fourth-order valence-electron chi connectivity index (χ4n) is 1.97. The minimum Gasteiger partial charge on any atom is -0.481 e. The van der Waals surface area contributed by atoms with Crippen molar-refractivity contribution in [2.75, 3.05) is 0 Å². The number of aryl methyl sites for hydroxylation is 2. The van der Waals surface area contributed by atoms with Gasteiger partial charge in [0.1, 0.15) is 0 Å². The van der Waals surface area contributed by atoms with Crippen LogP contribution >= 0.6 is 0 Å². The van der Waals surface area contributed by atoms with Gasteiger partial charge in [-0.05, 0) is 37.3 Å². The number of hydrogen-bond donors (Lipinski definition) is 1. The average molecular weight is 220 g/mol. The highest BCUT2D eigenvalue weighted by molar-refractivity contribution is 5.76. The van der Waals surface area contributed by atoms with Gasteiger partial charge in [0.15, 0.2) is 0 Å². The Morgan fingerprint density at radius 3 is 2.44 bits per heavy atom. The van der Waals surface area contributed by atoms with Crippen LogP contribution in [0, 0.1) is 19.8 Å². The molecule has 2 nitrogen and oxygen atoms in total. The first kappa shape index (κ1) is 12.8. The lowest BCUT2D eigenvalue weighted by Crippen LogP contribution is -2.15. The number of rotatable bonds is 4. The topological polar surface area (TPSA) is 37.3 Å². The molecular weight excluding hydrogens is 200 g/mol. The minimum atomic E-state index is -0.720. The molecule has 0 aromatic heterocycles. The molecule has 16 heavy (non-hydrogen) atoms. The van der Waals surface area contributed by atoms with Gasteiger partial charge in [0.2, 0.25) is 0 Å². The highest BCUT2D eigenvalue weighted by Gasteiger charge is 2.22. The van der Waals surface area contributed by atoms with Crippen LogP contribution in [0.15, 0.2) is 18.2 Å². The molecule has 0 aliphatic heterocycles. The van der Waals surface area contributed by atoms with Gasteiger partial charge in [-0.15, -0.1) is 0 Å². The molecule has 0 radical (unpaired) electrons. The van der Waals surface area contributed by atoms with E-state index in [0.29, 0.717) is 12.3 Å². The quantitative estimate of drug-likeness (QED) is 0.843. The lowest BCUT2D eigenvalue weighted by Gasteiger charge is -2.17. The van der Waals surface area contributed by atoms with Gasteiger partial charge in [0.25, 0.3) is 0 Å². The summed E-state index contributed by atoms with van der Waals surface area (Å²) in [6, 6.07) is 6.02. The molecule has 0 aliphatic rings. The Bertz CT molecular complexity index is 380. The van der Waals surface area contributed by atoms with Crippen LogP contribution in [0.25, 0.3) is 0 Å². The zero-order valence-electron chi connectivity index (χ0n) is 10.4. The van der Waals surface area contributed by atoms with Crippen LogP contribution in [0.2, 0.25) is 0 Å². The van der Waals surface area contributed by atoms with Crippen LogP contribution in [-0.2, 0) is 4.79 Å². The molecule has 0 fully saturated rings. The SMILES string of the molecule is Cc1ccc(C)c(C(CC(C)C)C(=O)O)c1. The van der Waals surface area contributed by atoms with E-state index in [1.54, 1.807) is 0 Å². The molecule has 2 heteroatoms. The summed E-state index contributed by atoms with van der Waals surface area (Å²) in [5.41, 5.74) is 3.15. The summed E-state index contributed by atoms with van der Waals surface area (Å²) in [6.07, 6.45) is 0.694. The van der Waals surface area contributed by atoms with Crippen molar-refractivity contribution >= 4 is 5.97 Å². The van der Waals surface area contributed by atoms with Gasteiger partial charge in [-0.25, -0.2) is 0 Å². The van der Waals surface area contributed by atoms with Gasteiger partial charge in [-0.2, -0.15) is 0 Å². The van der Waals surface area contributed by atoms with E-state index in [9.17, 15) is 9.90 Å². The van der Waals surface area contributed by atoms with E-state index < -0.39 is 5.97 Å². The molecule has 1 aromatic carbocycles. The molecular formula is C14H20O2. The van der Waals surface area contributed by atoms with Crippen LogP contribution in [0.1, 0.15) is 42.9 Å². The molecule has 1 unspecified atom stereocenters. The van der Waals surface area contributed by atoms with Crippen molar-refractivity contribution in [3.05, 3.63) is 34.9 Å². The van der Waals surface area contributed by atoms with Gasteiger partial charge in [0.05, 0.1) is 5.92 Å². The van der Waals surface area contributed by atoms with Crippen LogP contribution in [-0.4, -0.2) is 11.1 Å². The Labute approximate surface area is 97.3 Å². The molecule has 0 saturated carbocycles. The van der Waals surface area contributed by atoms with E-state index in [1.165, 1.54) is 0 Å². The fraction of sp³-hybridized carbons (Fsp3) is 0.500. The molecule has 0 spiro atoms. The zero-order valence-corrected chi connectivity index (χ0v) is 10.4. The van der Waals surface area contributed by atoms with Crippen molar-refractivity contribution in [2.45, 2.75) is 40.0 Å². The number of aliphatic carboxylic acids is 1. The van der Waals surface area contributed by atoms with E-state index in [4.69, 9.17) is 0 Å². The number of carboxylic acid groups (broad SMARTS) is 1. The van der Waals surface area contributed by atoms with Crippen LogP contribution in [0.3, 0.4) is 0 Å². The summed E-state index contributed by atoms with van der Waals surface area (Å²) in [4.78, 5) is 11.3. The molecule has 88 valence electrons. The third-order valence-corrected chi connectivity index (χ3v) is 2.82. The predicted octanol–water partition coefficient (Wildman–Crippen LogP) is 3.52. The van der Waals surface area contributed by atoms with Gasteiger partial charge >= 0.3 is 5.97 Å². The van der Waals surface area contributed by atoms with Crippen molar-refractivity contribution in [1.82, 2.24) is 0 Å². The molecule has 0 saturated heterocycles. The Morgan fingerprint density at radius 1 is 1.31 bits per heavy atom. The summed E-state index contributed by atoms with van der Waals surface area (Å²) in [6.45, 7) is 8.09. The molecule has 0 amide bonds. The standard InChI is InChI=1S/C14H20O2/c1-9(2)7-13(14(15)16)12-8-10(3)5-6-11(12)4/h5-6,8-9,13H,7H2,1-4H3,(H,15,16). The van der Waals surface area contributed by atoms with E-state index in [2.05, 4.69) is 13.8 Å². The molecule has 1 N–H and O–H groups in total. The summed E-state index contributed by atoms with van der Waals surface area (Å²) in [5, 5.41) is 9.29. The molecule has 1 aromatic rings. The summed E-state index contributed by atoms with van der Waals surface area (Å²) < 4.78 is 0. The number of benzene rings is 1. The zero-order chi connectivity index (χ0) is 12.3. The predicted molar refractivity (Wildman–Crippen MR) is 65.7 cm³/mol. The van der Waals surface area contributed by atoms with Crippen molar-refractivity contribution in [3.63, 3.8) is 0 Å². The smallest absolute Gasteiger partial charge is 0.310 e. The maximum absolute atomic E-state index is 11.3. The molecule has 0 aliphatic carbocycles. The largest absolute Gasteiger partial charge is 0.481 e. The van der Waals surface area contributed by atoms with E-state index in [1.807, 2.05) is 32.0 Å². The highest BCUT2D eigenvalue weighted by Crippen LogP contribution is 2.27. The minimum absolute atomic E-state index is 0.375. The first-order chi connectivity index (χ1) is 7.41. The van der Waals surface area contributed by atoms with E-state index in [-0.39, 0.29) is 5.92 Å². The summed E-state index contributed by atoms with van der Waals surface area (Å²) in [7, 11) is 0. The highest BCUT2D eigenvalue weighted by atomic mass is 16.4. The van der Waals surface area contributed by atoms with Crippen molar-refractivity contribution in [1.29, 1.82) is 0 Å². The van der Waals surface area contributed by atoms with Crippen molar-refractivity contribution < 1.29 is 9.90 Å². The third kappa shape index (κ3) is 3.09. The lowest BCUT2D eigenvalue weighted by molar-refractivity contribution is -0.139. The van der Waals surface area contributed by atoms with Crippen LogP contribution in [0.5, 0.6) is 0 Å². The molecule has 1 rings (SSSR count). The van der Waals surface area contributed by atoms with E-state index in [0.717, 1.165) is 16.7 Å². The summed E-state index contributed by atoms with van der Waals surface area (Å²) in [5.74, 6) is -0.705. The van der Waals surface area contributed by atoms with Crippen LogP contribution < -0.4 is 0 Å². The fourth-order valence-corrected chi connectivity index (χ4v) is 1.97. The number of carboxylic acids is 1. The monoisotopic (exact) mass is 220 g/mol. The first-order valence-electron chi connectivity index (χ1n) is 5.71. The maximum Gasteiger partial charge on any atom is 0.310 e. The Balaban J connectivity index is 3.10. The molecule has 0 bridgehead atoms. The summed E-state index contributed by atoms with van der Waals surface area (Å²) >= 11 is 0. The average Bonchev–Trinajstić information content (AvgIpc) is 2.18. The van der Waals surface area contributed by atoms with E-state index >= 15 is 0 Å². The lowest BCUT2D eigenvalue weighted by atomic mass is 9.87. The van der Waals surface area contributed by atoms with Crippen molar-refractivity contribution in [2.24, 2.45) is 5.92 Å². The van der Waals surface area contributed by atoms with Crippen molar-refractivity contribution in [3.8, 4) is 0 Å². The van der Waals surface area contributed by atoms with Crippen LogP contribution in [0.4, 0.5) is 0 Å². The van der Waals surface area contributed by atoms with Gasteiger partial charge < -0.3 is 5.11 Å². The maximum atomic E-state index is 11.3. The second kappa shape index (κ2) is 5.15. The number of hydrogen-bond acceptors (Lipinski definition) is 1. The van der Waals surface area contributed by atoms with Gasteiger partial charge in [0, 0.05) is 0 Å². The Morgan fingerprint density at radius 2 is 1.94 bits per heavy atom. The Hall–Kier alpha value is -1.31. The Kier molecular flexibility index (Phi) is 4.11. The van der Waals surface area contributed by atoms with Gasteiger partial charge in [-0.3, -0.25) is 4.79 Å². The number of carbonyl (C=O) groups is 1. The van der Waals surface area contributed by atoms with Gasteiger partial charge in [-0.1, -0.05) is 37.6 Å². The second-order valence-corrected chi connectivity index (χ2v) is 4.88. The molecule has 1 atom stereocenters. The second-order valence-electron chi connectivity index (χ2n) is 4.88. The first-order valence-corrected chi connectivity index (χ1v) is 5.71.